The molecule has 86 valence electrons. The van der Waals surface area contributed by atoms with Gasteiger partial charge in [-0.1, -0.05) is 20.3 Å². The van der Waals surface area contributed by atoms with Gasteiger partial charge in [0.25, 0.3) is 0 Å². The molecule has 14 heavy (non-hydrogen) atoms. The van der Waals surface area contributed by atoms with Gasteiger partial charge in [-0.15, -0.1) is 0 Å². The molecule has 0 rings (SSSR count). The number of rotatable bonds is 5. The topological polar surface area (TPSA) is 23.5 Å². The van der Waals surface area contributed by atoms with E-state index in [4.69, 9.17) is 5.11 Å². The summed E-state index contributed by atoms with van der Waals surface area (Å²) < 4.78 is 36.2. The van der Waals surface area contributed by atoms with Gasteiger partial charge in [-0.3, -0.25) is 4.90 Å². The predicted molar refractivity (Wildman–Crippen MR) is 48.8 cm³/mol. The maximum Gasteiger partial charge on any atom is 0.401 e. The zero-order valence-electron chi connectivity index (χ0n) is 8.80. The summed E-state index contributed by atoms with van der Waals surface area (Å²) in [5, 5.41) is 9.15. The molecule has 0 saturated carbocycles. The Labute approximate surface area is 82.7 Å². The average molecular weight is 213 g/mol. The molecule has 0 amide bonds. The summed E-state index contributed by atoms with van der Waals surface area (Å²) in [6.45, 7) is 4.36. The van der Waals surface area contributed by atoms with Gasteiger partial charge in [-0.2, -0.15) is 13.2 Å². The molecule has 0 spiro atoms. The Balaban J connectivity index is 4.16. The van der Waals surface area contributed by atoms with E-state index >= 15 is 0 Å². The molecule has 0 aliphatic carbocycles. The highest BCUT2D eigenvalue weighted by molar-refractivity contribution is 4.66. The summed E-state index contributed by atoms with van der Waals surface area (Å²) in [6, 6.07) is 0. The normalized spacial score (nSPS) is 17.1. The summed E-state index contributed by atoms with van der Waals surface area (Å²) in [7, 11) is 0. The van der Waals surface area contributed by atoms with Gasteiger partial charge >= 0.3 is 6.18 Å². The van der Waals surface area contributed by atoms with Gasteiger partial charge in [0.1, 0.15) is 6.23 Å². The van der Waals surface area contributed by atoms with Crippen LogP contribution in [-0.4, -0.2) is 35.5 Å². The molecule has 0 saturated heterocycles. The predicted octanol–water partition coefficient (Wildman–Crippen LogP) is 2.24. The van der Waals surface area contributed by atoms with Gasteiger partial charge < -0.3 is 5.11 Å². The van der Waals surface area contributed by atoms with Crippen LogP contribution in [0.1, 0.15) is 27.2 Å². The Morgan fingerprint density at radius 2 is 1.79 bits per heavy atom. The molecule has 0 aliphatic rings. The third kappa shape index (κ3) is 6.21. The van der Waals surface area contributed by atoms with Gasteiger partial charge in [0.15, 0.2) is 0 Å². The number of aliphatic hydroxyl groups is 1. The van der Waals surface area contributed by atoms with Crippen molar-refractivity contribution in [1.29, 1.82) is 0 Å². The third-order valence-electron chi connectivity index (χ3n) is 2.15. The fourth-order valence-corrected chi connectivity index (χ4v) is 1.11. The number of hydrogen-bond acceptors (Lipinski definition) is 2. The maximum absolute atomic E-state index is 12.1. The van der Waals surface area contributed by atoms with Gasteiger partial charge in [-0.05, 0) is 12.8 Å². The Kier molecular flexibility index (Phi) is 5.44. The Bertz CT molecular complexity index is 159. The molecule has 0 aromatic carbocycles. The molecule has 0 aliphatic heterocycles. The fourth-order valence-electron chi connectivity index (χ4n) is 1.11. The quantitative estimate of drug-likeness (QED) is 0.708. The fraction of sp³-hybridized carbons (Fsp3) is 1.00. The first-order chi connectivity index (χ1) is 6.26. The van der Waals surface area contributed by atoms with E-state index in [2.05, 4.69) is 0 Å². The lowest BCUT2D eigenvalue weighted by atomic mass is 10.1. The number of nitrogens with zero attached hydrogens (tertiary/aromatic N) is 1. The molecule has 1 unspecified atom stereocenters. The standard InChI is InChI=1S/C9H18F3NO/c1-4-7(2)5-13(8(3)14)6-9(10,11)12/h7-8,14H,4-6H2,1-3H3/t7-,8?/m0/s1. The molecule has 0 radical (unpaired) electrons. The molecule has 0 fully saturated rings. The Morgan fingerprint density at radius 3 is 2.07 bits per heavy atom. The van der Waals surface area contributed by atoms with E-state index in [1.807, 2.05) is 13.8 Å². The minimum absolute atomic E-state index is 0.159. The van der Waals surface area contributed by atoms with Crippen molar-refractivity contribution >= 4 is 0 Å². The Morgan fingerprint density at radius 1 is 1.29 bits per heavy atom. The molecule has 0 bridgehead atoms. The molecule has 0 heterocycles. The Hall–Kier alpha value is -0.290. The van der Waals surface area contributed by atoms with E-state index in [9.17, 15) is 13.2 Å². The monoisotopic (exact) mass is 213 g/mol. The number of halogens is 3. The van der Waals surface area contributed by atoms with Gasteiger partial charge in [-0.25, -0.2) is 0 Å². The van der Waals surface area contributed by atoms with Crippen molar-refractivity contribution in [3.8, 4) is 0 Å². The molecule has 2 atom stereocenters. The van der Waals surface area contributed by atoms with Crippen molar-refractivity contribution in [2.75, 3.05) is 13.1 Å². The van der Waals surface area contributed by atoms with Gasteiger partial charge in [0.05, 0.1) is 6.54 Å². The zero-order chi connectivity index (χ0) is 11.4. The van der Waals surface area contributed by atoms with Crippen molar-refractivity contribution in [2.45, 2.75) is 39.6 Å². The molecule has 5 heteroatoms. The number of hydrogen-bond donors (Lipinski definition) is 1. The van der Waals surface area contributed by atoms with E-state index in [1.54, 1.807) is 0 Å². The van der Waals surface area contributed by atoms with Crippen LogP contribution in [0.5, 0.6) is 0 Å². The van der Waals surface area contributed by atoms with E-state index in [0.29, 0.717) is 0 Å². The van der Waals surface area contributed by atoms with Crippen LogP contribution in [0.3, 0.4) is 0 Å². The minimum atomic E-state index is -4.25. The first kappa shape index (κ1) is 13.7. The van der Waals surface area contributed by atoms with Crippen LogP contribution in [0, 0.1) is 5.92 Å². The van der Waals surface area contributed by atoms with E-state index < -0.39 is 18.9 Å². The van der Waals surface area contributed by atoms with Crippen LogP contribution < -0.4 is 0 Å². The lowest BCUT2D eigenvalue weighted by Crippen LogP contribution is -2.42. The summed E-state index contributed by atoms with van der Waals surface area (Å²) in [6.07, 6.45) is -4.49. The van der Waals surface area contributed by atoms with Crippen molar-refractivity contribution in [3.05, 3.63) is 0 Å². The highest BCUT2D eigenvalue weighted by Crippen LogP contribution is 2.18. The van der Waals surface area contributed by atoms with Crippen LogP contribution >= 0.6 is 0 Å². The maximum atomic E-state index is 12.1. The largest absolute Gasteiger partial charge is 0.401 e. The van der Waals surface area contributed by atoms with Crippen LogP contribution in [0.4, 0.5) is 13.2 Å². The molecule has 0 aromatic rings. The summed E-state index contributed by atoms with van der Waals surface area (Å²) >= 11 is 0. The molecular weight excluding hydrogens is 195 g/mol. The molecule has 0 aromatic heterocycles. The van der Waals surface area contributed by atoms with Gasteiger partial charge in [0, 0.05) is 6.54 Å². The summed E-state index contributed by atoms with van der Waals surface area (Å²) in [5.74, 6) is 0.159. The van der Waals surface area contributed by atoms with Crippen molar-refractivity contribution in [2.24, 2.45) is 5.92 Å². The third-order valence-corrected chi connectivity index (χ3v) is 2.15. The van der Waals surface area contributed by atoms with Gasteiger partial charge in [0.2, 0.25) is 0 Å². The molecule has 2 nitrogen and oxygen atoms in total. The summed E-state index contributed by atoms with van der Waals surface area (Å²) in [5.41, 5.74) is 0. The second kappa shape index (κ2) is 5.56. The first-order valence-electron chi connectivity index (χ1n) is 4.75. The molecular formula is C9H18F3NO. The first-order valence-corrected chi connectivity index (χ1v) is 4.75. The highest BCUT2D eigenvalue weighted by atomic mass is 19.4. The van der Waals surface area contributed by atoms with Crippen LogP contribution in [0.2, 0.25) is 0 Å². The smallest absolute Gasteiger partial charge is 0.379 e. The van der Waals surface area contributed by atoms with E-state index in [-0.39, 0.29) is 12.5 Å². The summed E-state index contributed by atoms with van der Waals surface area (Å²) in [4.78, 5) is 1.04. The minimum Gasteiger partial charge on any atom is -0.379 e. The average Bonchev–Trinajstić information content (AvgIpc) is 2.00. The zero-order valence-corrected chi connectivity index (χ0v) is 8.80. The van der Waals surface area contributed by atoms with Crippen LogP contribution in [0.25, 0.3) is 0 Å². The van der Waals surface area contributed by atoms with Crippen molar-refractivity contribution in [3.63, 3.8) is 0 Å². The van der Waals surface area contributed by atoms with E-state index in [1.165, 1.54) is 6.92 Å². The lowest BCUT2D eigenvalue weighted by molar-refractivity contribution is -0.165. The second-order valence-corrected chi connectivity index (χ2v) is 3.69. The highest BCUT2D eigenvalue weighted by Gasteiger charge is 2.32. The van der Waals surface area contributed by atoms with E-state index in [0.717, 1.165) is 11.3 Å². The lowest BCUT2D eigenvalue weighted by Gasteiger charge is -2.28. The second-order valence-electron chi connectivity index (χ2n) is 3.69. The number of aliphatic hydroxyl groups excluding tert-OH is 1. The van der Waals surface area contributed by atoms with Crippen molar-refractivity contribution < 1.29 is 18.3 Å². The SMILES string of the molecule is CC[C@H](C)CN(CC(F)(F)F)C(C)O. The number of alkyl halides is 3. The van der Waals surface area contributed by atoms with Crippen LogP contribution in [-0.2, 0) is 0 Å². The van der Waals surface area contributed by atoms with Crippen molar-refractivity contribution in [1.82, 2.24) is 4.90 Å². The molecule has 1 N–H and O–H groups in total. The van der Waals surface area contributed by atoms with Crippen LogP contribution in [0.15, 0.2) is 0 Å².